The molecule has 0 radical (unpaired) electrons. The number of carbonyl (C=O) groups is 2. The summed E-state index contributed by atoms with van der Waals surface area (Å²) in [6.07, 6.45) is 1.33. The zero-order valence-electron chi connectivity index (χ0n) is 17.9. The molecule has 2 amide bonds. The zero-order chi connectivity index (χ0) is 22.3. The standard InChI is InChI=1S/C18H29N7O5/c1-6-7-14(20-12(2)24-10-13(11-26)29-17(24)28)15-21-23-25(22-15)9-8-19-16(27)30-18(3,4)5/h6-7,12-13,26H,8-11H2,1-5H3,(H,19,27)/b7-6-,20-14?/t12?,13-/m1/s1. The molecule has 1 unspecified atom stereocenters. The van der Waals surface area contributed by atoms with E-state index in [9.17, 15) is 14.7 Å². The number of aliphatic hydroxyl groups excluding tert-OH is 1. The Kier molecular flexibility index (Phi) is 7.86. The number of hydrogen-bond acceptors (Lipinski definition) is 9. The quantitative estimate of drug-likeness (QED) is 0.582. The molecule has 2 N–H and O–H groups in total. The van der Waals surface area contributed by atoms with Crippen molar-refractivity contribution >= 4 is 17.9 Å². The van der Waals surface area contributed by atoms with Crippen molar-refractivity contribution in [3.8, 4) is 0 Å². The Labute approximate surface area is 174 Å². The van der Waals surface area contributed by atoms with Crippen LogP contribution in [0.15, 0.2) is 17.1 Å². The van der Waals surface area contributed by atoms with Crippen LogP contribution in [0.1, 0.15) is 40.4 Å². The molecular weight excluding hydrogens is 394 g/mol. The van der Waals surface area contributed by atoms with Gasteiger partial charge in [-0.25, -0.2) is 9.59 Å². The number of aliphatic imine (C=N–C) groups is 1. The lowest BCUT2D eigenvalue weighted by Crippen LogP contribution is -2.34. The van der Waals surface area contributed by atoms with Gasteiger partial charge < -0.3 is 19.9 Å². The zero-order valence-corrected chi connectivity index (χ0v) is 17.9. The number of tetrazole rings is 1. The third-order valence-electron chi connectivity index (χ3n) is 3.87. The van der Waals surface area contributed by atoms with Crippen LogP contribution in [0.3, 0.4) is 0 Å². The Hall–Kier alpha value is -3.02. The first-order valence-electron chi connectivity index (χ1n) is 9.66. The van der Waals surface area contributed by atoms with E-state index in [-0.39, 0.29) is 25.5 Å². The molecule has 2 atom stereocenters. The van der Waals surface area contributed by atoms with Gasteiger partial charge in [0.2, 0.25) is 5.82 Å². The van der Waals surface area contributed by atoms with Crippen molar-refractivity contribution in [3.63, 3.8) is 0 Å². The number of cyclic esters (lactones) is 1. The van der Waals surface area contributed by atoms with E-state index in [2.05, 4.69) is 25.7 Å². The van der Waals surface area contributed by atoms with Crippen LogP contribution in [0.25, 0.3) is 0 Å². The maximum Gasteiger partial charge on any atom is 0.412 e. The Morgan fingerprint density at radius 2 is 2.23 bits per heavy atom. The summed E-state index contributed by atoms with van der Waals surface area (Å²) < 4.78 is 10.2. The molecule has 1 fully saturated rings. The number of aromatic nitrogens is 4. The monoisotopic (exact) mass is 423 g/mol. The van der Waals surface area contributed by atoms with E-state index in [1.54, 1.807) is 39.8 Å². The van der Waals surface area contributed by atoms with Gasteiger partial charge in [-0.1, -0.05) is 6.08 Å². The first-order valence-corrected chi connectivity index (χ1v) is 9.66. The predicted octanol–water partition coefficient (Wildman–Crippen LogP) is 0.722. The summed E-state index contributed by atoms with van der Waals surface area (Å²) in [6, 6.07) is 0. The van der Waals surface area contributed by atoms with E-state index >= 15 is 0 Å². The van der Waals surface area contributed by atoms with Crippen LogP contribution in [0.2, 0.25) is 0 Å². The number of hydrogen-bond donors (Lipinski definition) is 2. The second-order valence-corrected chi connectivity index (χ2v) is 7.62. The fourth-order valence-electron chi connectivity index (χ4n) is 2.56. The molecule has 1 aromatic rings. The molecule has 30 heavy (non-hydrogen) atoms. The van der Waals surface area contributed by atoms with Gasteiger partial charge in [-0.05, 0) is 45.9 Å². The Bertz CT molecular complexity index is 799. The van der Waals surface area contributed by atoms with Crippen LogP contribution in [0, 0.1) is 0 Å². The largest absolute Gasteiger partial charge is 0.444 e. The lowest BCUT2D eigenvalue weighted by molar-refractivity contribution is 0.0525. The minimum absolute atomic E-state index is 0.242. The van der Waals surface area contributed by atoms with Crippen molar-refractivity contribution in [1.29, 1.82) is 0 Å². The molecule has 1 aromatic heterocycles. The van der Waals surface area contributed by atoms with Crippen molar-refractivity contribution in [1.82, 2.24) is 30.4 Å². The lowest BCUT2D eigenvalue weighted by atomic mass is 10.2. The van der Waals surface area contributed by atoms with Crippen LogP contribution >= 0.6 is 0 Å². The smallest absolute Gasteiger partial charge is 0.412 e. The Balaban J connectivity index is 2.00. The van der Waals surface area contributed by atoms with Gasteiger partial charge >= 0.3 is 12.2 Å². The second kappa shape index (κ2) is 10.1. The molecule has 0 bridgehead atoms. The molecule has 0 spiro atoms. The third kappa shape index (κ3) is 6.79. The van der Waals surface area contributed by atoms with E-state index in [1.807, 2.05) is 6.92 Å². The second-order valence-electron chi connectivity index (χ2n) is 7.62. The topological polar surface area (TPSA) is 144 Å². The molecule has 1 aliphatic rings. The van der Waals surface area contributed by atoms with E-state index in [1.165, 1.54) is 9.70 Å². The number of rotatable bonds is 8. The Morgan fingerprint density at radius 3 is 2.83 bits per heavy atom. The maximum absolute atomic E-state index is 11.9. The summed E-state index contributed by atoms with van der Waals surface area (Å²) in [5.41, 5.74) is -0.132. The molecule has 12 nitrogen and oxygen atoms in total. The normalized spacial score (nSPS) is 18.6. The molecule has 166 valence electrons. The van der Waals surface area contributed by atoms with Crippen molar-refractivity contribution in [2.24, 2.45) is 4.99 Å². The molecule has 2 rings (SSSR count). The lowest BCUT2D eigenvalue weighted by Gasteiger charge is -2.19. The highest BCUT2D eigenvalue weighted by molar-refractivity contribution is 6.05. The van der Waals surface area contributed by atoms with Crippen molar-refractivity contribution < 1.29 is 24.2 Å². The number of alkyl carbamates (subject to hydrolysis) is 1. The van der Waals surface area contributed by atoms with Gasteiger partial charge in [0.25, 0.3) is 0 Å². The number of allylic oxidation sites excluding steroid dienone is 2. The van der Waals surface area contributed by atoms with E-state index in [0.29, 0.717) is 12.3 Å². The summed E-state index contributed by atoms with van der Waals surface area (Å²) in [5.74, 6) is 0.281. The molecule has 0 saturated carbocycles. The molecule has 0 aromatic carbocycles. The summed E-state index contributed by atoms with van der Waals surface area (Å²) in [7, 11) is 0. The molecule has 2 heterocycles. The SMILES string of the molecule is C/C=C\C(=NC(C)N1C[C@H](CO)OC1=O)c1nnn(CCNC(=O)OC(C)(C)C)n1. The average molecular weight is 423 g/mol. The maximum atomic E-state index is 11.9. The summed E-state index contributed by atoms with van der Waals surface area (Å²) >= 11 is 0. The molecule has 1 aliphatic heterocycles. The third-order valence-corrected chi connectivity index (χ3v) is 3.87. The van der Waals surface area contributed by atoms with Crippen LogP contribution < -0.4 is 5.32 Å². The molecule has 0 aliphatic carbocycles. The fourth-order valence-corrected chi connectivity index (χ4v) is 2.56. The van der Waals surface area contributed by atoms with Crippen molar-refractivity contribution in [2.45, 2.75) is 59.0 Å². The van der Waals surface area contributed by atoms with Gasteiger partial charge in [0, 0.05) is 6.54 Å². The van der Waals surface area contributed by atoms with Gasteiger partial charge in [-0.2, -0.15) is 4.80 Å². The van der Waals surface area contributed by atoms with E-state index in [4.69, 9.17) is 9.47 Å². The van der Waals surface area contributed by atoms with Crippen LogP contribution in [0.5, 0.6) is 0 Å². The summed E-state index contributed by atoms with van der Waals surface area (Å²) in [5, 5.41) is 24.0. The minimum Gasteiger partial charge on any atom is -0.444 e. The van der Waals surface area contributed by atoms with Gasteiger partial charge in [-0.3, -0.25) is 9.89 Å². The van der Waals surface area contributed by atoms with Gasteiger partial charge in [0.05, 0.1) is 19.7 Å². The van der Waals surface area contributed by atoms with Crippen LogP contribution in [-0.4, -0.2) is 85.7 Å². The van der Waals surface area contributed by atoms with Crippen LogP contribution in [0.4, 0.5) is 9.59 Å². The van der Waals surface area contributed by atoms with Crippen molar-refractivity contribution in [3.05, 3.63) is 18.0 Å². The first-order chi connectivity index (χ1) is 14.1. The number of nitrogens with one attached hydrogen (secondary N) is 1. The highest BCUT2D eigenvalue weighted by Crippen LogP contribution is 2.15. The minimum atomic E-state index is -0.573. The summed E-state index contributed by atoms with van der Waals surface area (Å²) in [4.78, 5) is 30.9. The van der Waals surface area contributed by atoms with Crippen LogP contribution in [-0.2, 0) is 16.0 Å². The van der Waals surface area contributed by atoms with E-state index in [0.717, 1.165) is 0 Å². The number of nitrogens with zero attached hydrogens (tertiary/aromatic N) is 6. The number of amides is 2. The summed E-state index contributed by atoms with van der Waals surface area (Å²) in [6.45, 7) is 9.47. The highest BCUT2D eigenvalue weighted by Gasteiger charge is 2.34. The number of ether oxygens (including phenoxy) is 2. The van der Waals surface area contributed by atoms with E-state index < -0.39 is 30.1 Å². The molecule has 12 heteroatoms. The highest BCUT2D eigenvalue weighted by atomic mass is 16.6. The number of carbonyl (C=O) groups excluding carboxylic acids is 2. The van der Waals surface area contributed by atoms with Gasteiger partial charge in [0.15, 0.2) is 0 Å². The number of aliphatic hydroxyl groups is 1. The predicted molar refractivity (Wildman–Crippen MR) is 107 cm³/mol. The Morgan fingerprint density at radius 1 is 1.50 bits per heavy atom. The molecule has 1 saturated heterocycles. The van der Waals surface area contributed by atoms with Gasteiger partial charge in [-0.15, -0.1) is 10.2 Å². The van der Waals surface area contributed by atoms with Gasteiger partial charge in [0.1, 0.15) is 23.6 Å². The fraction of sp³-hybridized carbons (Fsp3) is 0.667. The van der Waals surface area contributed by atoms with Crippen molar-refractivity contribution in [2.75, 3.05) is 19.7 Å². The first kappa shape index (κ1) is 23.3. The average Bonchev–Trinajstić information content (AvgIpc) is 3.26. The molecular formula is C18H29N7O5.